The highest BCUT2D eigenvalue weighted by Crippen LogP contribution is 2.35. The van der Waals surface area contributed by atoms with Crippen molar-refractivity contribution in [3.63, 3.8) is 0 Å². The second kappa shape index (κ2) is 18.4. The number of hydrogen-bond acceptors (Lipinski definition) is 8. The van der Waals surface area contributed by atoms with Crippen molar-refractivity contribution in [1.82, 2.24) is 9.80 Å². The van der Waals surface area contributed by atoms with Crippen LogP contribution in [-0.4, -0.2) is 104 Å². The first-order valence-corrected chi connectivity index (χ1v) is 17.5. The lowest BCUT2D eigenvalue weighted by Gasteiger charge is -2.41. The number of ether oxygens (including phenoxy) is 4. The van der Waals surface area contributed by atoms with Crippen LogP contribution in [0.4, 0.5) is 5.69 Å². The molecule has 44 heavy (non-hydrogen) atoms. The summed E-state index contributed by atoms with van der Waals surface area (Å²) in [6.07, 6.45) is 3.66. The molecular weight excluding hydrogens is 554 g/mol. The molecule has 3 unspecified atom stereocenters. The van der Waals surface area contributed by atoms with Gasteiger partial charge in [0.05, 0.1) is 17.8 Å². The number of benzene rings is 1. The van der Waals surface area contributed by atoms with Crippen LogP contribution in [0.3, 0.4) is 0 Å². The van der Waals surface area contributed by atoms with E-state index in [-0.39, 0.29) is 24.3 Å². The topological polar surface area (TPSA) is 63.7 Å². The third-order valence-corrected chi connectivity index (χ3v) is 8.22. The van der Waals surface area contributed by atoms with Gasteiger partial charge in [-0.05, 0) is 84.1 Å². The highest BCUT2D eigenvalue weighted by Gasteiger charge is 2.48. The average Bonchev–Trinajstić information content (AvgIpc) is 3.36. The van der Waals surface area contributed by atoms with E-state index in [0.29, 0.717) is 5.56 Å². The summed E-state index contributed by atoms with van der Waals surface area (Å²) in [5, 5.41) is 0. The van der Waals surface area contributed by atoms with Gasteiger partial charge < -0.3 is 28.7 Å². The lowest BCUT2D eigenvalue weighted by molar-refractivity contribution is -0.155. The minimum Gasteiger partial charge on any atom is -0.456 e. The van der Waals surface area contributed by atoms with Crippen molar-refractivity contribution in [2.45, 2.75) is 125 Å². The smallest absolute Gasteiger partial charge is 0.338 e. The van der Waals surface area contributed by atoms with Gasteiger partial charge in [0.2, 0.25) is 0 Å². The molecule has 0 amide bonds. The minimum absolute atomic E-state index is 0.0514. The van der Waals surface area contributed by atoms with Gasteiger partial charge in [0.1, 0.15) is 11.7 Å². The summed E-state index contributed by atoms with van der Waals surface area (Å²) in [6, 6.07) is 7.89. The summed E-state index contributed by atoms with van der Waals surface area (Å²) in [7, 11) is 0. The SMILES string of the molecule is CC.CC.CC.CC(C)(C)OC(=O)c1ccc(N2CCC(CN3CCN(CC4OCCC5OC(C)(C)OC45)CC3)CC2)cc1. The molecule has 1 aromatic carbocycles. The number of carbonyl (C=O) groups excluding carboxylic acids is 1. The molecule has 4 saturated heterocycles. The maximum Gasteiger partial charge on any atom is 0.338 e. The predicted octanol–water partition coefficient (Wildman–Crippen LogP) is 6.86. The van der Waals surface area contributed by atoms with E-state index in [1.54, 1.807) is 0 Å². The van der Waals surface area contributed by atoms with Crippen LogP contribution < -0.4 is 4.90 Å². The number of nitrogens with zero attached hydrogens (tertiary/aromatic N) is 3. The average molecular weight is 620 g/mol. The Kier molecular flexibility index (Phi) is 16.1. The van der Waals surface area contributed by atoms with Crippen LogP contribution in [-0.2, 0) is 18.9 Å². The molecule has 0 saturated carbocycles. The Hall–Kier alpha value is -1.71. The second-order valence-electron chi connectivity index (χ2n) is 12.9. The minimum atomic E-state index is -0.501. The van der Waals surface area contributed by atoms with E-state index in [1.165, 1.54) is 25.1 Å². The van der Waals surface area contributed by atoms with E-state index in [2.05, 4.69) is 26.8 Å². The van der Waals surface area contributed by atoms with Gasteiger partial charge in [0.25, 0.3) is 0 Å². The molecule has 1 aromatic rings. The number of fused-ring (bicyclic) bond motifs is 1. The van der Waals surface area contributed by atoms with Crippen molar-refractivity contribution in [1.29, 1.82) is 0 Å². The second-order valence-corrected chi connectivity index (χ2v) is 12.9. The first kappa shape index (κ1) is 38.5. The van der Waals surface area contributed by atoms with Crippen molar-refractivity contribution in [3.8, 4) is 0 Å². The molecule has 254 valence electrons. The first-order valence-electron chi connectivity index (χ1n) is 17.5. The number of piperidine rings is 1. The molecule has 4 fully saturated rings. The van der Waals surface area contributed by atoms with E-state index in [9.17, 15) is 4.79 Å². The van der Waals surface area contributed by atoms with Crippen LogP contribution in [0.15, 0.2) is 24.3 Å². The van der Waals surface area contributed by atoms with Gasteiger partial charge in [-0.3, -0.25) is 4.90 Å². The van der Waals surface area contributed by atoms with E-state index in [4.69, 9.17) is 18.9 Å². The number of esters is 1. The van der Waals surface area contributed by atoms with Gasteiger partial charge in [-0.2, -0.15) is 0 Å². The molecule has 4 aliphatic rings. The van der Waals surface area contributed by atoms with Crippen LogP contribution in [0.2, 0.25) is 0 Å². The normalized spacial score (nSPS) is 25.7. The third kappa shape index (κ3) is 11.6. The van der Waals surface area contributed by atoms with Crippen molar-refractivity contribution < 1.29 is 23.7 Å². The molecule has 8 nitrogen and oxygen atoms in total. The van der Waals surface area contributed by atoms with E-state index in [1.807, 2.05) is 88.3 Å². The lowest BCUT2D eigenvalue weighted by Crippen LogP contribution is -2.54. The molecule has 0 radical (unpaired) electrons. The summed E-state index contributed by atoms with van der Waals surface area (Å²) in [5.74, 6) is -0.0188. The number of hydrogen-bond donors (Lipinski definition) is 0. The molecule has 4 aliphatic heterocycles. The summed E-state index contributed by atoms with van der Waals surface area (Å²) < 4.78 is 23.9. The molecular formula is C36H65N3O5. The zero-order chi connectivity index (χ0) is 32.9. The van der Waals surface area contributed by atoms with Crippen LogP contribution in [0.1, 0.15) is 106 Å². The Morgan fingerprint density at radius 1 is 0.818 bits per heavy atom. The highest BCUT2D eigenvalue weighted by atomic mass is 16.8. The highest BCUT2D eigenvalue weighted by molar-refractivity contribution is 5.90. The zero-order valence-corrected chi connectivity index (χ0v) is 30.0. The fourth-order valence-corrected chi connectivity index (χ4v) is 6.28. The standard InChI is InChI=1S/C30H47N3O5.3C2H6/c1-29(2,3)38-28(34)23-6-8-24(9-7-23)33-13-10-22(11-14-33)20-31-15-17-32(18-16-31)21-26-27-25(12-19-35-26)36-30(4,5)37-27;3*1-2/h6-9,22,25-27H,10-21H2,1-5H3;3*1-2H3. The molecule has 8 heteroatoms. The molecule has 0 bridgehead atoms. The molecule has 5 rings (SSSR count). The van der Waals surface area contributed by atoms with Gasteiger partial charge in [0, 0.05) is 64.7 Å². The number of carbonyl (C=O) groups is 1. The Bertz CT molecular complexity index is 932. The fourth-order valence-electron chi connectivity index (χ4n) is 6.28. The van der Waals surface area contributed by atoms with Crippen LogP contribution in [0.25, 0.3) is 0 Å². The van der Waals surface area contributed by atoms with Crippen molar-refractivity contribution >= 4 is 11.7 Å². The molecule has 0 aromatic heterocycles. The summed E-state index contributed by atoms with van der Waals surface area (Å²) in [4.78, 5) is 19.9. The zero-order valence-electron chi connectivity index (χ0n) is 30.0. The molecule has 3 atom stereocenters. The van der Waals surface area contributed by atoms with Crippen molar-refractivity contribution in [2.75, 3.05) is 63.9 Å². The van der Waals surface area contributed by atoms with Crippen LogP contribution in [0, 0.1) is 5.92 Å². The quantitative estimate of drug-likeness (QED) is 0.320. The number of rotatable bonds is 6. The Balaban J connectivity index is 0.00000106. The third-order valence-electron chi connectivity index (χ3n) is 8.22. The Morgan fingerprint density at radius 3 is 1.91 bits per heavy atom. The van der Waals surface area contributed by atoms with Crippen LogP contribution >= 0.6 is 0 Å². The number of piperazine rings is 1. The Labute approximate surface area is 269 Å². The van der Waals surface area contributed by atoms with Gasteiger partial charge in [0.15, 0.2) is 5.79 Å². The van der Waals surface area contributed by atoms with Gasteiger partial charge in [-0.25, -0.2) is 4.79 Å². The molecule has 0 N–H and O–H groups in total. The maximum absolute atomic E-state index is 12.3. The van der Waals surface area contributed by atoms with Crippen LogP contribution in [0.5, 0.6) is 0 Å². The van der Waals surface area contributed by atoms with E-state index in [0.717, 1.165) is 64.8 Å². The number of anilines is 1. The van der Waals surface area contributed by atoms with E-state index < -0.39 is 11.4 Å². The lowest BCUT2D eigenvalue weighted by atomic mass is 9.95. The molecule has 4 heterocycles. The maximum atomic E-state index is 12.3. The van der Waals surface area contributed by atoms with Gasteiger partial charge in [-0.15, -0.1) is 0 Å². The summed E-state index contributed by atoms with van der Waals surface area (Å²) in [6.45, 7) is 31.1. The molecule has 0 aliphatic carbocycles. The summed E-state index contributed by atoms with van der Waals surface area (Å²) in [5.41, 5.74) is 1.33. The van der Waals surface area contributed by atoms with Gasteiger partial charge in [-0.1, -0.05) is 41.5 Å². The Morgan fingerprint density at radius 2 is 1.36 bits per heavy atom. The predicted molar refractivity (Wildman–Crippen MR) is 182 cm³/mol. The van der Waals surface area contributed by atoms with Crippen molar-refractivity contribution in [3.05, 3.63) is 29.8 Å². The van der Waals surface area contributed by atoms with Gasteiger partial charge >= 0.3 is 5.97 Å². The first-order chi connectivity index (χ1) is 21.0. The van der Waals surface area contributed by atoms with Crippen molar-refractivity contribution in [2.24, 2.45) is 5.92 Å². The summed E-state index contributed by atoms with van der Waals surface area (Å²) >= 11 is 0. The monoisotopic (exact) mass is 619 g/mol. The fraction of sp³-hybridized carbons (Fsp3) is 0.806. The largest absolute Gasteiger partial charge is 0.456 e. The van der Waals surface area contributed by atoms with E-state index >= 15 is 0 Å². The molecule has 0 spiro atoms.